The van der Waals surface area contributed by atoms with Gasteiger partial charge in [0.25, 0.3) is 0 Å². The molecular weight excluding hydrogens is 361 g/mol. The van der Waals surface area contributed by atoms with Gasteiger partial charge in [-0.15, -0.1) is 0 Å². The fourth-order valence-corrected chi connectivity index (χ4v) is 2.94. The Balaban J connectivity index is 2.71. The SMILES string of the molecule is Fc1c(F)c(F)[c]([Al][c]2c(F)c(F)c(F)c(F)c2F)c(F)c1F. The summed E-state index contributed by atoms with van der Waals surface area (Å²) in [6.07, 6.45) is 0. The van der Waals surface area contributed by atoms with Crippen LogP contribution in [0.15, 0.2) is 0 Å². The quantitative estimate of drug-likeness (QED) is 0.334. The molecule has 0 spiro atoms. The third-order valence-corrected chi connectivity index (χ3v) is 4.37. The Labute approximate surface area is 127 Å². The van der Waals surface area contributed by atoms with Crippen LogP contribution in [-0.2, 0) is 0 Å². The van der Waals surface area contributed by atoms with Crippen molar-refractivity contribution in [2.45, 2.75) is 0 Å². The summed E-state index contributed by atoms with van der Waals surface area (Å²) in [7, 11) is 0. The average Bonchev–Trinajstić information content (AvgIpc) is 2.54. The highest BCUT2D eigenvalue weighted by Gasteiger charge is 2.31. The van der Waals surface area contributed by atoms with Gasteiger partial charge in [0.1, 0.15) is 0 Å². The van der Waals surface area contributed by atoms with Crippen molar-refractivity contribution in [3.05, 3.63) is 58.2 Å². The van der Waals surface area contributed by atoms with E-state index in [0.717, 1.165) is 0 Å². The highest BCUT2D eigenvalue weighted by atomic mass is 27.1. The summed E-state index contributed by atoms with van der Waals surface area (Å²) in [5.41, 5.74) is 0. The molecule has 0 aliphatic heterocycles. The average molecular weight is 361 g/mol. The lowest BCUT2D eigenvalue weighted by Crippen LogP contribution is -2.39. The Bertz CT molecular complexity index is 691. The van der Waals surface area contributed by atoms with Crippen molar-refractivity contribution in [2.24, 2.45) is 0 Å². The summed E-state index contributed by atoms with van der Waals surface area (Å²) in [5.74, 6) is -24.2. The summed E-state index contributed by atoms with van der Waals surface area (Å²) in [6.45, 7) is 0. The zero-order valence-corrected chi connectivity index (χ0v) is 11.5. The van der Waals surface area contributed by atoms with Crippen molar-refractivity contribution in [3.63, 3.8) is 0 Å². The number of hydrogen-bond donors (Lipinski definition) is 0. The highest BCUT2D eigenvalue weighted by Crippen LogP contribution is 2.18. The Morgan fingerprint density at radius 1 is 0.304 bits per heavy atom. The molecule has 0 unspecified atom stereocenters. The molecule has 0 atom stereocenters. The van der Waals surface area contributed by atoms with Crippen LogP contribution < -0.4 is 8.85 Å². The molecular formula is C12AlF10. The zero-order valence-electron chi connectivity index (χ0n) is 10.4. The van der Waals surface area contributed by atoms with Crippen molar-refractivity contribution in [1.82, 2.24) is 0 Å². The van der Waals surface area contributed by atoms with Gasteiger partial charge >= 0.3 is 15.2 Å². The number of benzene rings is 2. The molecule has 0 nitrogen and oxygen atoms in total. The van der Waals surface area contributed by atoms with Gasteiger partial charge in [0.15, 0.2) is 58.2 Å². The van der Waals surface area contributed by atoms with Crippen molar-refractivity contribution in [1.29, 1.82) is 0 Å². The van der Waals surface area contributed by atoms with Crippen molar-refractivity contribution >= 4 is 24.1 Å². The maximum absolute atomic E-state index is 13.4. The molecule has 1 radical (unpaired) electrons. The number of hydrogen-bond acceptors (Lipinski definition) is 0. The van der Waals surface area contributed by atoms with E-state index in [4.69, 9.17) is 0 Å². The minimum Gasteiger partial charge on any atom is -0.205 e. The van der Waals surface area contributed by atoms with Crippen molar-refractivity contribution in [3.8, 4) is 0 Å². The molecule has 0 aliphatic carbocycles. The molecule has 2 rings (SSSR count). The molecule has 0 bridgehead atoms. The van der Waals surface area contributed by atoms with Gasteiger partial charge in [0, 0.05) is 0 Å². The molecule has 23 heavy (non-hydrogen) atoms. The number of rotatable bonds is 2. The van der Waals surface area contributed by atoms with Crippen LogP contribution in [0, 0.1) is 58.2 Å². The van der Waals surface area contributed by atoms with Crippen LogP contribution in [-0.4, -0.2) is 15.2 Å². The van der Waals surface area contributed by atoms with Gasteiger partial charge in [-0.3, -0.25) is 0 Å². The first-order chi connectivity index (χ1) is 10.6. The van der Waals surface area contributed by atoms with Crippen LogP contribution in [0.5, 0.6) is 0 Å². The minimum atomic E-state index is -2.65. The lowest BCUT2D eigenvalue weighted by Gasteiger charge is -2.10. The van der Waals surface area contributed by atoms with Gasteiger partial charge in [-0.2, -0.15) is 0 Å². The molecule has 0 aromatic heterocycles. The summed E-state index contributed by atoms with van der Waals surface area (Å²) < 4.78 is 128. The van der Waals surface area contributed by atoms with Gasteiger partial charge in [-0.05, 0) is 8.85 Å². The Morgan fingerprint density at radius 3 is 0.696 bits per heavy atom. The monoisotopic (exact) mass is 361 g/mol. The molecule has 2 aromatic rings. The van der Waals surface area contributed by atoms with Crippen LogP contribution in [0.3, 0.4) is 0 Å². The third-order valence-electron chi connectivity index (χ3n) is 2.78. The van der Waals surface area contributed by atoms with E-state index < -0.39 is 82.2 Å². The normalized spacial score (nSPS) is 11.0. The molecule has 11 heteroatoms. The topological polar surface area (TPSA) is 0 Å². The van der Waals surface area contributed by atoms with Crippen LogP contribution in [0.4, 0.5) is 43.9 Å². The minimum absolute atomic E-state index is 1.65. The lowest BCUT2D eigenvalue weighted by molar-refractivity contribution is 0.382. The second-order valence-electron chi connectivity index (χ2n) is 4.11. The van der Waals surface area contributed by atoms with Crippen LogP contribution in [0.1, 0.15) is 0 Å². The van der Waals surface area contributed by atoms with Crippen molar-refractivity contribution < 1.29 is 43.9 Å². The smallest absolute Gasteiger partial charge is 0.205 e. The summed E-state index contributed by atoms with van der Waals surface area (Å²) in [5, 5.41) is 0. The standard InChI is InChI=1S/2C6F5.Al/c2*7-2-1-3(8)5(10)6(11)4(2)9;. The molecule has 0 N–H and O–H groups in total. The lowest BCUT2D eigenvalue weighted by atomic mass is 10.3. The van der Waals surface area contributed by atoms with Gasteiger partial charge < -0.3 is 0 Å². The molecule has 2 aromatic carbocycles. The molecule has 0 heterocycles. The van der Waals surface area contributed by atoms with E-state index >= 15 is 0 Å². The molecule has 0 saturated heterocycles. The Kier molecular flexibility index (Phi) is 4.64. The Hall–Kier alpha value is -1.73. The van der Waals surface area contributed by atoms with Gasteiger partial charge in [-0.1, -0.05) is 0 Å². The van der Waals surface area contributed by atoms with Crippen LogP contribution in [0.25, 0.3) is 0 Å². The second kappa shape index (κ2) is 6.05. The van der Waals surface area contributed by atoms with E-state index in [1.165, 1.54) is 0 Å². The maximum atomic E-state index is 13.4. The van der Waals surface area contributed by atoms with Crippen LogP contribution >= 0.6 is 0 Å². The molecule has 121 valence electrons. The highest BCUT2D eigenvalue weighted by molar-refractivity contribution is 6.67. The fourth-order valence-electron chi connectivity index (χ4n) is 1.64. The van der Waals surface area contributed by atoms with E-state index in [0.29, 0.717) is 0 Å². The summed E-state index contributed by atoms with van der Waals surface area (Å²) in [6, 6.07) is 0. The maximum Gasteiger partial charge on any atom is 0.319 e. The molecule has 0 fully saturated rings. The Morgan fingerprint density at radius 2 is 0.478 bits per heavy atom. The molecule has 0 aliphatic rings. The summed E-state index contributed by atoms with van der Waals surface area (Å²) >= 11 is -2.65. The predicted octanol–water partition coefficient (Wildman–Crippen LogP) is 2.73. The van der Waals surface area contributed by atoms with E-state index in [1.807, 2.05) is 0 Å². The third kappa shape index (κ3) is 2.68. The number of halogens is 10. The molecule has 0 amide bonds. The molecule has 0 saturated carbocycles. The summed E-state index contributed by atoms with van der Waals surface area (Å²) in [4.78, 5) is 0. The first-order valence-corrected chi connectivity index (χ1v) is 6.62. The van der Waals surface area contributed by atoms with Crippen LogP contribution in [0.2, 0.25) is 0 Å². The van der Waals surface area contributed by atoms with Gasteiger partial charge in [0.05, 0.1) is 0 Å². The predicted molar refractivity (Wildman–Crippen MR) is 57.5 cm³/mol. The van der Waals surface area contributed by atoms with E-state index in [9.17, 15) is 43.9 Å². The van der Waals surface area contributed by atoms with Crippen molar-refractivity contribution in [2.75, 3.05) is 0 Å². The van der Waals surface area contributed by atoms with E-state index in [2.05, 4.69) is 0 Å². The first kappa shape index (κ1) is 17.6. The zero-order chi connectivity index (χ0) is 17.6. The second-order valence-corrected chi connectivity index (χ2v) is 5.55. The van der Waals surface area contributed by atoms with E-state index in [-0.39, 0.29) is 0 Å². The van der Waals surface area contributed by atoms with Gasteiger partial charge in [0.2, 0.25) is 0 Å². The first-order valence-electron chi connectivity index (χ1n) is 5.47. The van der Waals surface area contributed by atoms with E-state index in [1.54, 1.807) is 0 Å². The van der Waals surface area contributed by atoms with Gasteiger partial charge in [-0.25, -0.2) is 43.9 Å². The largest absolute Gasteiger partial charge is 0.319 e. The fraction of sp³-hybridized carbons (Fsp3) is 0.